The highest BCUT2D eigenvalue weighted by Gasteiger charge is 2.67. The van der Waals surface area contributed by atoms with Crippen molar-refractivity contribution in [1.82, 2.24) is 0 Å². The SMILES string of the molecule is C=C1C[C@@H]2CC[C@]34CC(O3)[C@@H]3O[C@H]5CC[C@H](CC(=O)O[C@@H]6[C@@H](C)[C@@H]7O[C@@H]8C[C@@]9(C[C@@H]%10O[C@]%11(C[C@H](C)[C@@H]%12O[C@H]([C@@H](O)C[C@@H](O)CO)C[C@@H]%12O%11)C[C@H](C)[C@@H]%10O9)O[C@@H]8C[C@@H]7O[C@H]6C[C@H]6O[C@@H](CC[C@@H]1O2)C[C@@H](C)C6=C)O[C@@H]5[C@H](O4)[C@@H]3OC. The highest BCUT2D eigenvalue weighted by Crippen LogP contribution is 2.57. The number of rotatable bonds is 5. The zero-order valence-electron chi connectivity index (χ0n) is 46.9. The Morgan fingerprint density at radius 1 is 0.557 bits per heavy atom. The summed E-state index contributed by atoms with van der Waals surface area (Å²) in [6, 6.07) is 0. The van der Waals surface area contributed by atoms with Crippen LogP contribution in [0.5, 0.6) is 0 Å². The number of ether oxygens (including phenoxy) is 15. The highest BCUT2D eigenvalue weighted by atomic mass is 16.8. The summed E-state index contributed by atoms with van der Waals surface area (Å²) in [6.45, 7) is 17.4. The Labute approximate surface area is 464 Å². The van der Waals surface area contributed by atoms with Crippen molar-refractivity contribution >= 4 is 5.97 Å². The van der Waals surface area contributed by atoms with Gasteiger partial charge in [-0.15, -0.1) is 0 Å². The number of fused-ring (bicyclic) bond motifs is 10. The molecular weight excluding hydrogens is 1020 g/mol. The Bertz CT molecular complexity index is 2280. The smallest absolute Gasteiger partial charge is 0.308 e. The predicted molar refractivity (Wildman–Crippen MR) is 276 cm³/mol. The van der Waals surface area contributed by atoms with E-state index in [1.807, 2.05) is 0 Å². The number of hydrogen-bond acceptors (Lipinski definition) is 19. The number of esters is 1. The summed E-state index contributed by atoms with van der Waals surface area (Å²) in [5.41, 5.74) is 2.14. The van der Waals surface area contributed by atoms with E-state index in [0.717, 1.165) is 43.3 Å². The van der Waals surface area contributed by atoms with Gasteiger partial charge in [-0.3, -0.25) is 4.79 Å². The molecule has 3 spiro atoms. The zero-order chi connectivity index (χ0) is 54.4. The van der Waals surface area contributed by atoms with E-state index in [9.17, 15) is 20.1 Å². The average Bonchev–Trinajstić information content (AvgIpc) is 3.97. The standard InChI is InChI=1S/C60H88O19/c1-27-14-34-8-10-38-28(2)15-36(66-38)12-13-58-24-48(76-58)55-56(65-7)57(79-58)54-39(70-55)11-9-35(68-54)17-49(64)73-53-32(6)52-44(69-43(53)18-40(67-34)31(27)5)20-42-46(72-52)23-60(74-42)25-47-51(78-60)30(4)22-59(77-47)21-29(3)50-45(75-59)19-41(71-50)37(63)16-33(62)26-61/h27,29-30,32-48,50-57,61-63H,2,5,8-26H2,1,3-4,6-7H3/t27-,29+,30+,32+,33-,34+,35-,36+,37+,38+,39+,40-,41+,42-,43+,44+,45+,46-,47+,48?,50+,51+,52+,53-,54+,55+,56-,57+,58+,59-,60-/m1/s1. The number of carbonyl (C=O) groups is 1. The van der Waals surface area contributed by atoms with Gasteiger partial charge in [0.1, 0.15) is 30.5 Å². The molecule has 0 radical (unpaired) electrons. The number of hydrogen-bond donors (Lipinski definition) is 3. The molecule has 0 aromatic carbocycles. The van der Waals surface area contributed by atoms with Crippen molar-refractivity contribution < 1.29 is 91.2 Å². The summed E-state index contributed by atoms with van der Waals surface area (Å²) in [5.74, 6) is -2.75. The summed E-state index contributed by atoms with van der Waals surface area (Å²) < 4.78 is 103. The largest absolute Gasteiger partial charge is 0.459 e. The highest BCUT2D eigenvalue weighted by molar-refractivity contribution is 5.70. The fraction of sp³-hybridized carbons (Fsp3) is 0.917. The molecule has 0 aromatic rings. The van der Waals surface area contributed by atoms with Crippen LogP contribution in [0.4, 0.5) is 0 Å². The Balaban J connectivity index is 0.684. The molecule has 15 fully saturated rings. The Morgan fingerprint density at radius 2 is 1.23 bits per heavy atom. The molecule has 15 rings (SSSR count). The van der Waals surface area contributed by atoms with Crippen LogP contribution in [0, 0.1) is 23.7 Å². The Kier molecular flexibility index (Phi) is 14.7. The summed E-state index contributed by atoms with van der Waals surface area (Å²) in [4.78, 5) is 14.6. The van der Waals surface area contributed by atoms with Gasteiger partial charge in [0.15, 0.2) is 17.4 Å². The molecular formula is C60H88O19. The topological polar surface area (TPSA) is 216 Å². The van der Waals surface area contributed by atoms with Crippen molar-refractivity contribution in [1.29, 1.82) is 0 Å². The van der Waals surface area contributed by atoms with E-state index in [1.165, 1.54) is 0 Å². The maximum absolute atomic E-state index is 14.6. The maximum Gasteiger partial charge on any atom is 0.308 e. The minimum absolute atomic E-state index is 0.0164. The molecule has 19 heteroatoms. The monoisotopic (exact) mass is 1110 g/mol. The molecule has 0 saturated carbocycles. The Hall–Kier alpha value is -1.73. The summed E-state index contributed by atoms with van der Waals surface area (Å²) >= 11 is 0. The van der Waals surface area contributed by atoms with Crippen LogP contribution in [0.15, 0.2) is 24.3 Å². The fourth-order valence-electron chi connectivity index (χ4n) is 17.7. The van der Waals surface area contributed by atoms with Gasteiger partial charge >= 0.3 is 5.97 Å². The first-order valence-electron chi connectivity index (χ1n) is 30.7. The first kappa shape index (κ1) is 55.2. The predicted octanol–water partition coefficient (Wildman–Crippen LogP) is 5.17. The van der Waals surface area contributed by atoms with E-state index in [1.54, 1.807) is 7.11 Å². The molecule has 0 aliphatic carbocycles. The molecule has 10 bridgehead atoms. The summed E-state index contributed by atoms with van der Waals surface area (Å²) in [7, 11) is 1.70. The minimum atomic E-state index is -1.02. The second kappa shape index (κ2) is 21.1. The third kappa shape index (κ3) is 9.98. The lowest BCUT2D eigenvalue weighted by Crippen LogP contribution is -2.63. The lowest BCUT2D eigenvalue weighted by atomic mass is 9.79. The van der Waals surface area contributed by atoms with Crippen LogP contribution < -0.4 is 0 Å². The second-order valence-corrected chi connectivity index (χ2v) is 27.2. The maximum atomic E-state index is 14.6. The van der Waals surface area contributed by atoms with E-state index in [4.69, 9.17) is 71.1 Å². The van der Waals surface area contributed by atoms with Gasteiger partial charge in [0.2, 0.25) is 0 Å². The molecule has 15 saturated heterocycles. The summed E-state index contributed by atoms with van der Waals surface area (Å²) in [5, 5.41) is 30.3. The van der Waals surface area contributed by atoms with Crippen molar-refractivity contribution in [3.05, 3.63) is 24.3 Å². The van der Waals surface area contributed by atoms with Crippen molar-refractivity contribution in [3.8, 4) is 0 Å². The van der Waals surface area contributed by atoms with Gasteiger partial charge in [0.25, 0.3) is 0 Å². The van der Waals surface area contributed by atoms with E-state index in [0.29, 0.717) is 70.6 Å². The first-order valence-corrected chi connectivity index (χ1v) is 30.7. The van der Waals surface area contributed by atoms with E-state index < -0.39 is 72.8 Å². The fourth-order valence-corrected chi connectivity index (χ4v) is 17.7. The minimum Gasteiger partial charge on any atom is -0.459 e. The van der Waals surface area contributed by atoms with E-state index in [2.05, 4.69) is 40.9 Å². The van der Waals surface area contributed by atoms with Crippen molar-refractivity contribution in [2.24, 2.45) is 23.7 Å². The van der Waals surface area contributed by atoms with Crippen LogP contribution in [0.2, 0.25) is 0 Å². The quantitative estimate of drug-likeness (QED) is 0.239. The molecule has 1 unspecified atom stereocenters. The van der Waals surface area contributed by atoms with Gasteiger partial charge in [-0.2, -0.15) is 0 Å². The number of aliphatic hydroxyl groups excluding tert-OH is 3. The van der Waals surface area contributed by atoms with Gasteiger partial charge < -0.3 is 86.4 Å². The van der Waals surface area contributed by atoms with Crippen molar-refractivity contribution in [3.63, 3.8) is 0 Å². The van der Waals surface area contributed by atoms with E-state index >= 15 is 0 Å². The number of carbonyl (C=O) groups excluding carboxylic acids is 1. The number of methoxy groups -OCH3 is 1. The summed E-state index contributed by atoms with van der Waals surface area (Å²) in [6.07, 6.45) is 2.09. The van der Waals surface area contributed by atoms with Crippen LogP contribution in [-0.4, -0.2) is 199 Å². The van der Waals surface area contributed by atoms with Crippen molar-refractivity contribution in [2.75, 3.05) is 13.7 Å². The van der Waals surface area contributed by atoms with Crippen LogP contribution >= 0.6 is 0 Å². The normalized spacial score (nSPS) is 55.7. The number of aliphatic hydroxyl groups is 3. The average molecular weight is 1110 g/mol. The molecule has 79 heavy (non-hydrogen) atoms. The molecule has 0 aromatic heterocycles. The zero-order valence-corrected chi connectivity index (χ0v) is 46.9. The molecule has 3 N–H and O–H groups in total. The van der Waals surface area contributed by atoms with Crippen LogP contribution in [-0.2, 0) is 75.8 Å². The van der Waals surface area contributed by atoms with E-state index in [-0.39, 0.29) is 140 Å². The van der Waals surface area contributed by atoms with Crippen LogP contribution in [0.1, 0.15) is 143 Å². The first-order chi connectivity index (χ1) is 37.9. The van der Waals surface area contributed by atoms with Gasteiger partial charge in [-0.25, -0.2) is 0 Å². The lowest BCUT2D eigenvalue weighted by Gasteiger charge is -2.50. The molecule has 0 amide bonds. The second-order valence-electron chi connectivity index (χ2n) is 27.2. The molecule has 15 heterocycles. The van der Waals surface area contributed by atoms with Crippen LogP contribution in [0.3, 0.4) is 0 Å². The molecule has 31 atom stereocenters. The molecule has 15 aliphatic rings. The molecule has 442 valence electrons. The van der Waals surface area contributed by atoms with Gasteiger partial charge in [0.05, 0.1) is 129 Å². The molecule has 19 nitrogen and oxygen atoms in total. The van der Waals surface area contributed by atoms with Gasteiger partial charge in [-0.05, 0) is 73.8 Å². The Morgan fingerprint density at radius 3 is 2.04 bits per heavy atom. The molecule has 15 aliphatic heterocycles. The van der Waals surface area contributed by atoms with Gasteiger partial charge in [-0.1, -0.05) is 40.9 Å². The third-order valence-electron chi connectivity index (χ3n) is 21.6. The van der Waals surface area contributed by atoms with Crippen molar-refractivity contribution in [2.45, 2.75) is 307 Å². The third-order valence-corrected chi connectivity index (χ3v) is 21.6. The lowest BCUT2D eigenvalue weighted by molar-refractivity contribution is -0.354. The van der Waals surface area contributed by atoms with Crippen LogP contribution in [0.25, 0.3) is 0 Å². The van der Waals surface area contributed by atoms with Gasteiger partial charge in [0, 0.05) is 77.2 Å².